The molecule has 0 aromatic rings. The molecule has 78 valence electrons. The number of carbonyl (C=O) groups is 1. The third kappa shape index (κ3) is 5.14. The van der Waals surface area contributed by atoms with Crippen LogP contribution in [0.1, 0.15) is 40.0 Å². The van der Waals surface area contributed by atoms with E-state index in [1.165, 1.54) is 12.8 Å². The maximum atomic E-state index is 11.5. The number of alkyl halides is 1. The Hall–Kier alpha value is -0.240. The molecule has 1 amide bonds. The summed E-state index contributed by atoms with van der Waals surface area (Å²) in [7, 11) is 0. The van der Waals surface area contributed by atoms with Gasteiger partial charge < -0.3 is 5.32 Å². The Morgan fingerprint density at radius 2 is 2.00 bits per heavy atom. The number of amides is 1. The molecule has 0 saturated carbocycles. The lowest BCUT2D eigenvalue weighted by molar-refractivity contribution is -0.128. The monoisotopic (exact) mass is 205 g/mol. The summed E-state index contributed by atoms with van der Waals surface area (Å²) in [6.07, 6.45) is 3.40. The van der Waals surface area contributed by atoms with Crippen molar-refractivity contribution in [2.24, 2.45) is 5.41 Å². The molecule has 1 N–H and O–H groups in total. The zero-order valence-electron chi connectivity index (χ0n) is 8.82. The van der Waals surface area contributed by atoms with E-state index in [1.54, 1.807) is 0 Å². The van der Waals surface area contributed by atoms with Gasteiger partial charge in [-0.3, -0.25) is 4.79 Å². The van der Waals surface area contributed by atoms with E-state index in [9.17, 15) is 4.79 Å². The van der Waals surface area contributed by atoms with E-state index in [1.807, 2.05) is 13.8 Å². The van der Waals surface area contributed by atoms with Crippen molar-refractivity contribution in [3.63, 3.8) is 0 Å². The molecule has 0 spiro atoms. The fraction of sp³-hybridized carbons (Fsp3) is 0.900. The molecule has 0 unspecified atom stereocenters. The largest absolute Gasteiger partial charge is 0.356 e. The van der Waals surface area contributed by atoms with Crippen LogP contribution in [0.15, 0.2) is 0 Å². The van der Waals surface area contributed by atoms with E-state index < -0.39 is 5.41 Å². The lowest BCUT2D eigenvalue weighted by Gasteiger charge is -2.20. The fourth-order valence-electron chi connectivity index (χ4n) is 0.877. The van der Waals surface area contributed by atoms with E-state index in [4.69, 9.17) is 11.6 Å². The van der Waals surface area contributed by atoms with Crippen molar-refractivity contribution in [1.82, 2.24) is 5.32 Å². The zero-order valence-corrected chi connectivity index (χ0v) is 9.58. The third-order valence-corrected chi connectivity index (χ3v) is 2.68. The van der Waals surface area contributed by atoms with Crippen LogP contribution >= 0.6 is 11.6 Å². The summed E-state index contributed by atoms with van der Waals surface area (Å²) < 4.78 is 0. The molecule has 0 aliphatic heterocycles. The molecule has 0 rings (SSSR count). The topological polar surface area (TPSA) is 29.1 Å². The van der Waals surface area contributed by atoms with Gasteiger partial charge in [-0.05, 0) is 20.3 Å². The second-order valence-corrected chi connectivity index (χ2v) is 4.25. The van der Waals surface area contributed by atoms with Crippen LogP contribution in [0.25, 0.3) is 0 Å². The van der Waals surface area contributed by atoms with Crippen LogP contribution in [0, 0.1) is 5.41 Å². The summed E-state index contributed by atoms with van der Waals surface area (Å²) in [6, 6.07) is 0. The van der Waals surface area contributed by atoms with E-state index in [2.05, 4.69) is 12.2 Å². The van der Waals surface area contributed by atoms with Crippen LogP contribution < -0.4 is 5.32 Å². The van der Waals surface area contributed by atoms with E-state index in [0.717, 1.165) is 13.0 Å². The first-order valence-electron chi connectivity index (χ1n) is 4.89. The summed E-state index contributed by atoms with van der Waals surface area (Å²) in [5.41, 5.74) is -0.437. The average molecular weight is 206 g/mol. The summed E-state index contributed by atoms with van der Waals surface area (Å²) in [6.45, 7) is 6.63. The van der Waals surface area contributed by atoms with Gasteiger partial charge in [0.2, 0.25) is 5.91 Å². The first-order chi connectivity index (χ1) is 6.04. The number of carbonyl (C=O) groups excluding carboxylic acids is 1. The van der Waals surface area contributed by atoms with Gasteiger partial charge in [-0.15, -0.1) is 11.6 Å². The van der Waals surface area contributed by atoms with Gasteiger partial charge >= 0.3 is 0 Å². The van der Waals surface area contributed by atoms with Gasteiger partial charge in [0.05, 0.1) is 5.41 Å². The standard InChI is InChI=1S/C10H20ClNO/c1-4-5-6-7-12-9(13)10(2,3)8-11/h4-8H2,1-3H3,(H,12,13). The highest BCUT2D eigenvalue weighted by Crippen LogP contribution is 2.16. The van der Waals surface area contributed by atoms with Crippen molar-refractivity contribution in [2.75, 3.05) is 12.4 Å². The molecule has 3 heteroatoms. The van der Waals surface area contributed by atoms with Gasteiger partial charge in [-0.25, -0.2) is 0 Å². The fourth-order valence-corrected chi connectivity index (χ4v) is 0.998. The third-order valence-electron chi connectivity index (χ3n) is 2.01. The molecule has 2 nitrogen and oxygen atoms in total. The minimum absolute atomic E-state index is 0.0543. The van der Waals surface area contributed by atoms with E-state index >= 15 is 0 Å². The van der Waals surface area contributed by atoms with Gasteiger partial charge in [-0.1, -0.05) is 19.8 Å². The lowest BCUT2D eigenvalue weighted by atomic mass is 9.95. The number of unbranched alkanes of at least 4 members (excludes halogenated alkanes) is 2. The highest BCUT2D eigenvalue weighted by molar-refractivity contribution is 6.19. The van der Waals surface area contributed by atoms with E-state index in [0.29, 0.717) is 5.88 Å². The number of nitrogens with one attached hydrogen (secondary N) is 1. The SMILES string of the molecule is CCCCCNC(=O)C(C)(C)CCl. The molecule has 0 aromatic heterocycles. The van der Waals surface area contributed by atoms with Crippen molar-refractivity contribution in [1.29, 1.82) is 0 Å². The van der Waals surface area contributed by atoms with Crippen LogP contribution in [-0.4, -0.2) is 18.3 Å². The maximum absolute atomic E-state index is 11.5. The molecular formula is C10H20ClNO. The Balaban J connectivity index is 3.62. The highest BCUT2D eigenvalue weighted by atomic mass is 35.5. The molecule has 0 bridgehead atoms. The molecule has 0 radical (unpaired) electrons. The highest BCUT2D eigenvalue weighted by Gasteiger charge is 2.25. The van der Waals surface area contributed by atoms with Crippen molar-refractivity contribution in [2.45, 2.75) is 40.0 Å². The van der Waals surface area contributed by atoms with Crippen LogP contribution in [0.3, 0.4) is 0 Å². The second-order valence-electron chi connectivity index (χ2n) is 3.98. The summed E-state index contributed by atoms with van der Waals surface area (Å²) >= 11 is 5.67. The van der Waals surface area contributed by atoms with E-state index in [-0.39, 0.29) is 5.91 Å². The van der Waals surface area contributed by atoms with Crippen molar-refractivity contribution < 1.29 is 4.79 Å². The Kier molecular flexibility index (Phi) is 6.13. The number of rotatable bonds is 6. The lowest BCUT2D eigenvalue weighted by Crippen LogP contribution is -2.38. The van der Waals surface area contributed by atoms with Crippen molar-refractivity contribution in [3.8, 4) is 0 Å². The maximum Gasteiger partial charge on any atom is 0.226 e. The molecule has 0 saturated heterocycles. The Morgan fingerprint density at radius 3 is 2.46 bits per heavy atom. The summed E-state index contributed by atoms with van der Waals surface area (Å²) in [4.78, 5) is 11.5. The van der Waals surface area contributed by atoms with Gasteiger partial charge in [0, 0.05) is 12.4 Å². The molecule has 0 heterocycles. The van der Waals surface area contributed by atoms with Gasteiger partial charge in [0.1, 0.15) is 0 Å². The molecule has 0 fully saturated rings. The summed E-state index contributed by atoms with van der Waals surface area (Å²) in [5, 5.41) is 2.89. The van der Waals surface area contributed by atoms with Crippen molar-refractivity contribution >= 4 is 17.5 Å². The smallest absolute Gasteiger partial charge is 0.226 e. The molecule has 0 atom stereocenters. The number of hydrogen-bond donors (Lipinski definition) is 1. The first-order valence-corrected chi connectivity index (χ1v) is 5.42. The van der Waals surface area contributed by atoms with Crippen LogP contribution in [0.2, 0.25) is 0 Å². The average Bonchev–Trinajstić information content (AvgIpc) is 2.12. The van der Waals surface area contributed by atoms with Gasteiger partial charge in [0.15, 0.2) is 0 Å². The Bertz CT molecular complexity index is 157. The Morgan fingerprint density at radius 1 is 1.38 bits per heavy atom. The molecule has 13 heavy (non-hydrogen) atoms. The molecule has 0 aliphatic carbocycles. The predicted molar refractivity (Wildman–Crippen MR) is 57.0 cm³/mol. The molecule has 0 aromatic carbocycles. The number of halogens is 1. The molecule has 0 aliphatic rings. The quantitative estimate of drug-likeness (QED) is 0.524. The minimum Gasteiger partial charge on any atom is -0.356 e. The molecular weight excluding hydrogens is 186 g/mol. The Labute approximate surface area is 86.0 Å². The van der Waals surface area contributed by atoms with Gasteiger partial charge in [-0.2, -0.15) is 0 Å². The van der Waals surface area contributed by atoms with Crippen molar-refractivity contribution in [3.05, 3.63) is 0 Å². The summed E-state index contributed by atoms with van der Waals surface area (Å²) in [5.74, 6) is 0.422. The van der Waals surface area contributed by atoms with Crippen LogP contribution in [0.4, 0.5) is 0 Å². The minimum atomic E-state index is -0.437. The normalized spacial score (nSPS) is 11.4. The van der Waals surface area contributed by atoms with Crippen LogP contribution in [0.5, 0.6) is 0 Å². The predicted octanol–water partition coefficient (Wildman–Crippen LogP) is 2.56. The zero-order chi connectivity index (χ0) is 10.3. The second kappa shape index (κ2) is 6.25. The van der Waals surface area contributed by atoms with Gasteiger partial charge in [0.25, 0.3) is 0 Å². The number of hydrogen-bond acceptors (Lipinski definition) is 1. The van der Waals surface area contributed by atoms with Crippen LogP contribution in [-0.2, 0) is 4.79 Å². The first kappa shape index (κ1) is 12.8.